The lowest BCUT2D eigenvalue weighted by Gasteiger charge is -2.29. The van der Waals surface area contributed by atoms with Crippen molar-refractivity contribution in [3.05, 3.63) is 71.6 Å². The third-order valence-electron chi connectivity index (χ3n) is 4.21. The molecule has 1 fully saturated rings. The minimum atomic E-state index is -0.286. The van der Waals surface area contributed by atoms with Crippen LogP contribution in [0.3, 0.4) is 0 Å². The minimum absolute atomic E-state index is 0.0407. The monoisotopic (exact) mass is 354 g/mol. The third-order valence-corrected chi connectivity index (χ3v) is 5.14. The van der Waals surface area contributed by atoms with Gasteiger partial charge in [-0.2, -0.15) is 0 Å². The predicted octanol–water partition coefficient (Wildman–Crippen LogP) is 3.86. The van der Waals surface area contributed by atoms with Gasteiger partial charge in [0.2, 0.25) is 5.91 Å². The van der Waals surface area contributed by atoms with Crippen LogP contribution in [0.5, 0.6) is 5.75 Å². The largest absolute Gasteiger partial charge is 0.497 e. The molecule has 0 aromatic heterocycles. The number of aliphatic imine (C=N–C) groups is 1. The molecule has 0 saturated carbocycles. The van der Waals surface area contributed by atoms with E-state index in [0.717, 1.165) is 22.6 Å². The molecule has 0 bridgehead atoms. The fourth-order valence-corrected chi connectivity index (χ4v) is 3.83. The molecule has 2 aliphatic heterocycles. The van der Waals surface area contributed by atoms with Crippen molar-refractivity contribution in [2.45, 2.75) is 6.04 Å². The van der Waals surface area contributed by atoms with E-state index in [9.17, 15) is 9.18 Å². The average Bonchev–Trinajstić information content (AvgIpc) is 3.03. The van der Waals surface area contributed by atoms with Gasteiger partial charge in [0.15, 0.2) is 5.17 Å². The summed E-state index contributed by atoms with van der Waals surface area (Å²) in [6, 6.07) is 13.6. The van der Waals surface area contributed by atoms with Crippen LogP contribution in [0, 0.1) is 5.82 Å². The summed E-state index contributed by atoms with van der Waals surface area (Å²) in [6.07, 6.45) is 1.95. The number of rotatable bonds is 3. The number of amidine groups is 1. The number of benzene rings is 2. The van der Waals surface area contributed by atoms with Crippen molar-refractivity contribution in [2.75, 3.05) is 12.9 Å². The molecular weight excluding hydrogens is 339 g/mol. The molecular formula is C19H15FN2O2S. The van der Waals surface area contributed by atoms with Gasteiger partial charge in [-0.3, -0.25) is 9.69 Å². The average molecular weight is 354 g/mol. The highest BCUT2D eigenvalue weighted by atomic mass is 32.2. The number of carbonyl (C=O) groups is 1. The Morgan fingerprint density at radius 2 is 1.88 bits per heavy atom. The van der Waals surface area contributed by atoms with Crippen LogP contribution < -0.4 is 4.74 Å². The van der Waals surface area contributed by atoms with Crippen LogP contribution in [0.25, 0.3) is 5.70 Å². The molecule has 0 N–H and O–H groups in total. The zero-order chi connectivity index (χ0) is 17.4. The SMILES string of the molecule is COc1ccc([C@@H]2C=C(c3ccc(F)cc3)N=C3SCC(=O)N32)cc1. The topological polar surface area (TPSA) is 41.9 Å². The highest BCUT2D eigenvalue weighted by Gasteiger charge is 2.37. The van der Waals surface area contributed by atoms with Crippen molar-refractivity contribution in [3.8, 4) is 5.75 Å². The molecule has 6 heteroatoms. The van der Waals surface area contributed by atoms with E-state index in [0.29, 0.717) is 10.9 Å². The van der Waals surface area contributed by atoms with Gasteiger partial charge in [-0.1, -0.05) is 23.9 Å². The summed E-state index contributed by atoms with van der Waals surface area (Å²) in [4.78, 5) is 18.6. The van der Waals surface area contributed by atoms with Crippen LogP contribution in [0.2, 0.25) is 0 Å². The standard InChI is InChI=1S/C19H15FN2O2S/c1-24-15-8-4-13(5-9-15)17-10-16(12-2-6-14(20)7-3-12)21-19-22(17)18(23)11-25-19/h2-10,17H,11H2,1H3/t17-/m0/s1. The fraction of sp³-hybridized carbons (Fsp3) is 0.158. The van der Waals surface area contributed by atoms with Crippen molar-refractivity contribution >= 4 is 28.5 Å². The van der Waals surface area contributed by atoms with E-state index in [1.165, 1.54) is 23.9 Å². The summed E-state index contributed by atoms with van der Waals surface area (Å²) in [5.74, 6) is 0.902. The molecule has 2 aromatic rings. The summed E-state index contributed by atoms with van der Waals surface area (Å²) in [6.45, 7) is 0. The van der Waals surface area contributed by atoms with Gasteiger partial charge >= 0.3 is 0 Å². The summed E-state index contributed by atoms with van der Waals surface area (Å²) in [5.41, 5.74) is 2.55. The molecule has 1 saturated heterocycles. The normalized spacial score (nSPS) is 19.4. The van der Waals surface area contributed by atoms with Gasteiger partial charge < -0.3 is 4.74 Å². The number of hydrogen-bond acceptors (Lipinski definition) is 4. The Labute approximate surface area is 149 Å². The Balaban J connectivity index is 1.77. The Kier molecular flexibility index (Phi) is 4.05. The number of amides is 1. The van der Waals surface area contributed by atoms with E-state index in [1.54, 1.807) is 24.1 Å². The number of halogens is 1. The lowest BCUT2D eigenvalue weighted by atomic mass is 10.0. The van der Waals surface area contributed by atoms with Crippen LogP contribution in [0.4, 0.5) is 4.39 Å². The van der Waals surface area contributed by atoms with Crippen LogP contribution in [0.15, 0.2) is 59.6 Å². The van der Waals surface area contributed by atoms with Crippen molar-refractivity contribution < 1.29 is 13.9 Å². The highest BCUT2D eigenvalue weighted by molar-refractivity contribution is 8.15. The lowest BCUT2D eigenvalue weighted by molar-refractivity contribution is -0.125. The Hall–Kier alpha value is -2.60. The molecule has 2 aromatic carbocycles. The van der Waals surface area contributed by atoms with Crippen molar-refractivity contribution in [1.82, 2.24) is 4.90 Å². The first-order chi connectivity index (χ1) is 12.2. The van der Waals surface area contributed by atoms with E-state index in [2.05, 4.69) is 4.99 Å². The summed E-state index contributed by atoms with van der Waals surface area (Å²) in [5, 5.41) is 0.688. The lowest BCUT2D eigenvalue weighted by Crippen LogP contribution is -2.34. The molecule has 1 atom stereocenters. The van der Waals surface area contributed by atoms with Crippen molar-refractivity contribution in [2.24, 2.45) is 4.99 Å². The summed E-state index contributed by atoms with van der Waals surface area (Å²) >= 11 is 1.43. The molecule has 25 heavy (non-hydrogen) atoms. The molecule has 0 radical (unpaired) electrons. The minimum Gasteiger partial charge on any atom is -0.497 e. The molecule has 2 heterocycles. The second-order valence-electron chi connectivity index (χ2n) is 5.72. The highest BCUT2D eigenvalue weighted by Crippen LogP contribution is 2.38. The Morgan fingerprint density at radius 3 is 2.56 bits per heavy atom. The molecule has 0 unspecified atom stereocenters. The molecule has 4 nitrogen and oxygen atoms in total. The zero-order valence-corrected chi connectivity index (χ0v) is 14.3. The maximum absolute atomic E-state index is 13.2. The molecule has 126 valence electrons. The van der Waals surface area contributed by atoms with Crippen LogP contribution in [-0.2, 0) is 4.79 Å². The van der Waals surface area contributed by atoms with Crippen LogP contribution in [-0.4, -0.2) is 28.8 Å². The van der Waals surface area contributed by atoms with Gasteiger partial charge in [0.25, 0.3) is 0 Å². The fourth-order valence-electron chi connectivity index (χ4n) is 2.92. The van der Waals surface area contributed by atoms with E-state index in [1.807, 2.05) is 30.3 Å². The number of thioether (sulfide) groups is 1. The van der Waals surface area contributed by atoms with E-state index in [-0.39, 0.29) is 17.8 Å². The number of ether oxygens (including phenoxy) is 1. The summed E-state index contributed by atoms with van der Waals surface area (Å²) in [7, 11) is 1.62. The molecule has 0 aliphatic carbocycles. The van der Waals surface area contributed by atoms with Crippen LogP contribution >= 0.6 is 11.8 Å². The molecule has 0 spiro atoms. The third kappa shape index (κ3) is 2.93. The second kappa shape index (κ2) is 6.37. The van der Waals surface area contributed by atoms with Crippen molar-refractivity contribution in [1.29, 1.82) is 0 Å². The first-order valence-electron chi connectivity index (χ1n) is 7.81. The number of fused-ring (bicyclic) bond motifs is 1. The van der Waals surface area contributed by atoms with Crippen LogP contribution in [0.1, 0.15) is 17.2 Å². The molecule has 4 rings (SSSR count). The maximum Gasteiger partial charge on any atom is 0.239 e. The number of hydrogen-bond donors (Lipinski definition) is 0. The number of methoxy groups -OCH3 is 1. The first-order valence-corrected chi connectivity index (χ1v) is 8.79. The quantitative estimate of drug-likeness (QED) is 0.840. The van der Waals surface area contributed by atoms with Gasteiger partial charge in [0.05, 0.1) is 24.6 Å². The van der Waals surface area contributed by atoms with Gasteiger partial charge in [0, 0.05) is 5.56 Å². The Morgan fingerprint density at radius 1 is 1.16 bits per heavy atom. The van der Waals surface area contributed by atoms with E-state index >= 15 is 0 Å². The number of nitrogens with zero attached hydrogens (tertiary/aromatic N) is 2. The second-order valence-corrected chi connectivity index (χ2v) is 6.67. The van der Waals surface area contributed by atoms with E-state index in [4.69, 9.17) is 4.74 Å². The predicted molar refractivity (Wildman–Crippen MR) is 96.9 cm³/mol. The zero-order valence-electron chi connectivity index (χ0n) is 13.5. The Bertz CT molecular complexity index is 875. The van der Waals surface area contributed by atoms with Gasteiger partial charge in [-0.05, 0) is 48.0 Å². The van der Waals surface area contributed by atoms with Gasteiger partial charge in [-0.15, -0.1) is 0 Å². The smallest absolute Gasteiger partial charge is 0.239 e. The first kappa shape index (κ1) is 15.9. The number of carbonyl (C=O) groups excluding carboxylic acids is 1. The molecule has 2 aliphatic rings. The van der Waals surface area contributed by atoms with E-state index < -0.39 is 0 Å². The van der Waals surface area contributed by atoms with Gasteiger partial charge in [0.1, 0.15) is 11.6 Å². The molecule has 1 amide bonds. The maximum atomic E-state index is 13.2. The van der Waals surface area contributed by atoms with Crippen molar-refractivity contribution in [3.63, 3.8) is 0 Å². The van der Waals surface area contributed by atoms with Gasteiger partial charge in [-0.25, -0.2) is 9.38 Å². The summed E-state index contributed by atoms with van der Waals surface area (Å²) < 4.78 is 18.4.